The molecule has 0 saturated heterocycles. The van der Waals surface area contributed by atoms with E-state index < -0.39 is 0 Å². The van der Waals surface area contributed by atoms with Gasteiger partial charge in [0.2, 0.25) is 0 Å². The van der Waals surface area contributed by atoms with Crippen molar-refractivity contribution < 1.29 is 8.83 Å². The number of hydrogen-bond acceptors (Lipinski definition) is 2. The van der Waals surface area contributed by atoms with Gasteiger partial charge in [-0.15, -0.1) is 0 Å². The van der Waals surface area contributed by atoms with Gasteiger partial charge in [0, 0.05) is 0 Å². The van der Waals surface area contributed by atoms with Crippen molar-refractivity contribution in [3.8, 4) is 11.5 Å². The highest BCUT2D eigenvalue weighted by Crippen LogP contribution is 2.24. The fraction of sp³-hybridized carbons (Fsp3) is 0. The molecule has 0 amide bonds. The number of halogens is 1. The van der Waals surface area contributed by atoms with Gasteiger partial charge in [0.25, 0.3) is 0 Å². The Morgan fingerprint density at radius 1 is 1.09 bits per heavy atom. The van der Waals surface area contributed by atoms with Gasteiger partial charge >= 0.3 is 0 Å². The van der Waals surface area contributed by atoms with Crippen LogP contribution in [0.15, 0.2) is 44.0 Å². The maximum absolute atomic E-state index is 5.25. The van der Waals surface area contributed by atoms with Crippen LogP contribution in [0.1, 0.15) is 0 Å². The van der Waals surface area contributed by atoms with Crippen LogP contribution in [0, 0.1) is 0 Å². The SMILES string of the molecule is Brc1ccc(-c2ccco2)o1. The maximum atomic E-state index is 5.25. The first-order valence-corrected chi connectivity index (χ1v) is 3.95. The van der Waals surface area contributed by atoms with E-state index in [9.17, 15) is 0 Å². The van der Waals surface area contributed by atoms with E-state index in [4.69, 9.17) is 8.83 Å². The summed E-state index contributed by atoms with van der Waals surface area (Å²) in [6.45, 7) is 0. The van der Waals surface area contributed by atoms with Gasteiger partial charge in [-0.25, -0.2) is 0 Å². The lowest BCUT2D eigenvalue weighted by Crippen LogP contribution is -1.62. The molecule has 0 aromatic carbocycles. The second-order valence-electron chi connectivity index (χ2n) is 2.08. The van der Waals surface area contributed by atoms with Crippen LogP contribution in [-0.4, -0.2) is 0 Å². The summed E-state index contributed by atoms with van der Waals surface area (Å²) in [5.74, 6) is 1.48. The second kappa shape index (κ2) is 2.58. The number of furan rings is 2. The lowest BCUT2D eigenvalue weighted by molar-refractivity contribution is 0.511. The molecule has 0 saturated carbocycles. The molecule has 0 aliphatic carbocycles. The smallest absolute Gasteiger partial charge is 0.170 e. The molecule has 0 aliphatic heterocycles. The molecule has 0 aliphatic rings. The molecule has 0 N–H and O–H groups in total. The van der Waals surface area contributed by atoms with Gasteiger partial charge < -0.3 is 8.83 Å². The third-order valence-electron chi connectivity index (χ3n) is 1.34. The van der Waals surface area contributed by atoms with Crippen molar-refractivity contribution in [1.29, 1.82) is 0 Å². The van der Waals surface area contributed by atoms with Crippen molar-refractivity contribution in [2.45, 2.75) is 0 Å². The van der Waals surface area contributed by atoms with E-state index in [-0.39, 0.29) is 0 Å². The van der Waals surface area contributed by atoms with Crippen molar-refractivity contribution in [1.82, 2.24) is 0 Å². The average molecular weight is 213 g/mol. The summed E-state index contributed by atoms with van der Waals surface area (Å²) in [6, 6.07) is 7.36. The quantitative estimate of drug-likeness (QED) is 0.726. The second-order valence-corrected chi connectivity index (χ2v) is 2.86. The molecule has 0 bridgehead atoms. The molecular weight excluding hydrogens is 208 g/mol. The van der Waals surface area contributed by atoms with Crippen LogP contribution in [-0.2, 0) is 0 Å². The van der Waals surface area contributed by atoms with Crippen LogP contribution in [0.25, 0.3) is 11.5 Å². The number of rotatable bonds is 1. The minimum Gasteiger partial charge on any atom is -0.461 e. The highest BCUT2D eigenvalue weighted by Gasteiger charge is 2.03. The largest absolute Gasteiger partial charge is 0.461 e. The first kappa shape index (κ1) is 6.73. The van der Waals surface area contributed by atoms with E-state index in [1.54, 1.807) is 6.26 Å². The third kappa shape index (κ3) is 1.24. The predicted octanol–water partition coefficient (Wildman–Crippen LogP) is 3.30. The molecule has 2 rings (SSSR count). The Kier molecular flexibility index (Phi) is 1.58. The first-order chi connectivity index (χ1) is 5.36. The average Bonchev–Trinajstić information content (AvgIpc) is 2.55. The van der Waals surface area contributed by atoms with E-state index in [0.717, 1.165) is 11.5 Å². The summed E-state index contributed by atoms with van der Waals surface area (Å²) >= 11 is 3.21. The maximum Gasteiger partial charge on any atom is 0.170 e. The van der Waals surface area contributed by atoms with E-state index in [2.05, 4.69) is 15.9 Å². The summed E-state index contributed by atoms with van der Waals surface area (Å²) in [7, 11) is 0. The topological polar surface area (TPSA) is 26.3 Å². The van der Waals surface area contributed by atoms with Crippen LogP contribution in [0.4, 0.5) is 0 Å². The molecule has 0 unspecified atom stereocenters. The van der Waals surface area contributed by atoms with E-state index >= 15 is 0 Å². The molecule has 0 fully saturated rings. The Balaban J connectivity index is 2.45. The van der Waals surface area contributed by atoms with Crippen LogP contribution < -0.4 is 0 Å². The first-order valence-electron chi connectivity index (χ1n) is 3.15. The molecule has 0 spiro atoms. The zero-order chi connectivity index (χ0) is 7.68. The van der Waals surface area contributed by atoms with Crippen molar-refractivity contribution in [2.24, 2.45) is 0 Å². The minimum absolute atomic E-state index is 0.712. The highest BCUT2D eigenvalue weighted by molar-refractivity contribution is 9.10. The summed E-state index contributed by atoms with van der Waals surface area (Å²) in [6.07, 6.45) is 1.62. The standard InChI is InChI=1S/C8H5BrO2/c9-8-4-3-7(11-8)6-2-1-5-10-6/h1-5H. The Hall–Kier alpha value is -0.960. The lowest BCUT2D eigenvalue weighted by Gasteiger charge is -1.86. The monoisotopic (exact) mass is 212 g/mol. The molecule has 56 valence electrons. The van der Waals surface area contributed by atoms with Crippen molar-refractivity contribution in [3.05, 3.63) is 35.2 Å². The molecule has 2 aromatic rings. The van der Waals surface area contributed by atoms with Crippen molar-refractivity contribution >= 4 is 15.9 Å². The predicted molar refractivity (Wildman–Crippen MR) is 44.1 cm³/mol. The van der Waals surface area contributed by atoms with Gasteiger partial charge in [-0.3, -0.25) is 0 Å². The summed E-state index contributed by atoms with van der Waals surface area (Å²) < 4.78 is 11.1. The lowest BCUT2D eigenvalue weighted by atomic mass is 10.3. The van der Waals surface area contributed by atoms with E-state index in [1.165, 1.54) is 0 Å². The Bertz CT molecular complexity index is 335. The van der Waals surface area contributed by atoms with Crippen molar-refractivity contribution in [2.75, 3.05) is 0 Å². The highest BCUT2D eigenvalue weighted by atomic mass is 79.9. The normalized spacial score (nSPS) is 10.3. The zero-order valence-electron chi connectivity index (χ0n) is 5.58. The Morgan fingerprint density at radius 2 is 2.00 bits per heavy atom. The molecule has 11 heavy (non-hydrogen) atoms. The fourth-order valence-corrected chi connectivity index (χ4v) is 1.17. The Labute approximate surface area is 71.9 Å². The van der Waals surface area contributed by atoms with Gasteiger partial charge in [-0.1, -0.05) is 0 Å². The van der Waals surface area contributed by atoms with Gasteiger partial charge in [0.1, 0.15) is 0 Å². The van der Waals surface area contributed by atoms with Crippen LogP contribution >= 0.6 is 15.9 Å². The van der Waals surface area contributed by atoms with Crippen molar-refractivity contribution in [3.63, 3.8) is 0 Å². The molecule has 3 heteroatoms. The van der Waals surface area contributed by atoms with Crippen LogP contribution in [0.5, 0.6) is 0 Å². The summed E-state index contributed by atoms with van der Waals surface area (Å²) in [5, 5.41) is 0. The summed E-state index contributed by atoms with van der Waals surface area (Å²) in [4.78, 5) is 0. The van der Waals surface area contributed by atoms with Gasteiger partial charge in [-0.2, -0.15) is 0 Å². The molecule has 2 aromatic heterocycles. The van der Waals surface area contributed by atoms with Crippen LogP contribution in [0.3, 0.4) is 0 Å². The molecule has 2 nitrogen and oxygen atoms in total. The summed E-state index contributed by atoms with van der Waals surface area (Å²) in [5.41, 5.74) is 0. The van der Waals surface area contributed by atoms with Gasteiger partial charge in [0.15, 0.2) is 16.2 Å². The van der Waals surface area contributed by atoms with E-state index in [0.29, 0.717) is 4.67 Å². The van der Waals surface area contributed by atoms with Gasteiger partial charge in [-0.05, 0) is 40.2 Å². The molecule has 0 radical (unpaired) electrons. The molecule has 2 heterocycles. The molecular formula is C8H5BrO2. The zero-order valence-corrected chi connectivity index (χ0v) is 7.17. The minimum atomic E-state index is 0.712. The Morgan fingerprint density at radius 3 is 2.55 bits per heavy atom. The fourth-order valence-electron chi connectivity index (χ4n) is 0.865. The van der Waals surface area contributed by atoms with Crippen LogP contribution in [0.2, 0.25) is 0 Å². The van der Waals surface area contributed by atoms with Gasteiger partial charge in [0.05, 0.1) is 6.26 Å². The molecule has 0 atom stereocenters. The third-order valence-corrected chi connectivity index (χ3v) is 1.76. The number of hydrogen-bond donors (Lipinski definition) is 0. The van der Waals surface area contributed by atoms with E-state index in [1.807, 2.05) is 24.3 Å².